The van der Waals surface area contributed by atoms with Gasteiger partial charge in [0.05, 0.1) is 11.3 Å². The van der Waals surface area contributed by atoms with E-state index in [1.54, 1.807) is 12.4 Å². The molecular weight excluding hydrogens is 279 g/mol. The first-order valence-electron chi connectivity index (χ1n) is 3.60. The van der Waals surface area contributed by atoms with E-state index in [1.807, 2.05) is 6.07 Å². The Kier molecular flexibility index (Phi) is 2.44. The molecular formula is C8H5IN4. The number of nitrogens with zero attached hydrogens (tertiary/aromatic N) is 4. The zero-order valence-electron chi connectivity index (χ0n) is 6.55. The lowest BCUT2D eigenvalue weighted by atomic mass is 10.2. The zero-order valence-corrected chi connectivity index (χ0v) is 8.71. The van der Waals surface area contributed by atoms with Gasteiger partial charge in [-0.2, -0.15) is 0 Å². The molecule has 5 heteroatoms. The summed E-state index contributed by atoms with van der Waals surface area (Å²) in [5.74, 6) is 0. The van der Waals surface area contributed by atoms with Crippen molar-refractivity contribution in [2.45, 2.75) is 0 Å². The van der Waals surface area contributed by atoms with Crippen LogP contribution in [0.25, 0.3) is 11.3 Å². The molecule has 0 spiro atoms. The zero-order chi connectivity index (χ0) is 9.10. The minimum Gasteiger partial charge on any atom is -0.245 e. The number of hydrogen-bond acceptors (Lipinski definition) is 4. The first-order chi connectivity index (χ1) is 6.38. The molecule has 0 amide bonds. The van der Waals surface area contributed by atoms with Crippen molar-refractivity contribution >= 4 is 22.6 Å². The van der Waals surface area contributed by atoms with Crippen LogP contribution in [0.3, 0.4) is 0 Å². The third-order valence-corrected chi connectivity index (χ3v) is 2.38. The molecule has 0 saturated carbocycles. The molecule has 4 nitrogen and oxygen atoms in total. The SMILES string of the molecule is Ic1ncncc1-c1ccncn1. The fourth-order valence-electron chi connectivity index (χ4n) is 0.937. The fraction of sp³-hybridized carbons (Fsp3) is 0. The number of rotatable bonds is 1. The normalized spacial score (nSPS) is 9.92. The van der Waals surface area contributed by atoms with E-state index in [1.165, 1.54) is 12.7 Å². The molecule has 0 fully saturated rings. The van der Waals surface area contributed by atoms with Gasteiger partial charge in [0.25, 0.3) is 0 Å². The highest BCUT2D eigenvalue weighted by molar-refractivity contribution is 14.1. The van der Waals surface area contributed by atoms with Crippen molar-refractivity contribution in [2.75, 3.05) is 0 Å². The summed E-state index contributed by atoms with van der Waals surface area (Å²) in [6.45, 7) is 0. The van der Waals surface area contributed by atoms with Crippen LogP contribution in [0, 0.1) is 3.70 Å². The quantitative estimate of drug-likeness (QED) is 0.588. The Hall–Kier alpha value is -1.11. The monoisotopic (exact) mass is 284 g/mol. The molecule has 2 aromatic rings. The minimum absolute atomic E-state index is 0.847. The van der Waals surface area contributed by atoms with Crippen molar-refractivity contribution in [3.8, 4) is 11.3 Å². The number of halogens is 1. The summed E-state index contributed by atoms with van der Waals surface area (Å²) in [5.41, 5.74) is 1.78. The fourth-order valence-corrected chi connectivity index (χ4v) is 1.48. The number of aromatic nitrogens is 4. The summed E-state index contributed by atoms with van der Waals surface area (Å²) in [6.07, 6.45) is 6.48. The lowest BCUT2D eigenvalue weighted by Crippen LogP contribution is -1.91. The van der Waals surface area contributed by atoms with Gasteiger partial charge in [0, 0.05) is 12.4 Å². The molecule has 2 aromatic heterocycles. The van der Waals surface area contributed by atoms with Gasteiger partial charge in [-0.3, -0.25) is 0 Å². The second-order valence-electron chi connectivity index (χ2n) is 2.32. The van der Waals surface area contributed by atoms with Crippen LogP contribution >= 0.6 is 22.6 Å². The highest BCUT2D eigenvalue weighted by Gasteiger charge is 2.03. The van der Waals surface area contributed by atoms with Crippen LogP contribution in [0.1, 0.15) is 0 Å². The van der Waals surface area contributed by atoms with Crippen molar-refractivity contribution in [3.05, 3.63) is 34.8 Å². The highest BCUT2D eigenvalue weighted by atomic mass is 127. The predicted molar refractivity (Wildman–Crippen MR) is 55.8 cm³/mol. The van der Waals surface area contributed by atoms with E-state index in [0.29, 0.717) is 0 Å². The van der Waals surface area contributed by atoms with E-state index in [2.05, 4.69) is 42.5 Å². The largest absolute Gasteiger partial charge is 0.245 e. The minimum atomic E-state index is 0.847. The van der Waals surface area contributed by atoms with Crippen LogP contribution in [-0.2, 0) is 0 Å². The second-order valence-corrected chi connectivity index (χ2v) is 3.34. The summed E-state index contributed by atoms with van der Waals surface area (Å²) in [5, 5.41) is 0. The maximum atomic E-state index is 4.11. The van der Waals surface area contributed by atoms with Gasteiger partial charge in [0.1, 0.15) is 16.4 Å². The Morgan fingerprint density at radius 1 is 1.08 bits per heavy atom. The molecule has 0 aliphatic carbocycles. The van der Waals surface area contributed by atoms with Gasteiger partial charge in [0.2, 0.25) is 0 Å². The molecule has 0 unspecified atom stereocenters. The van der Waals surface area contributed by atoms with Gasteiger partial charge >= 0.3 is 0 Å². The second kappa shape index (κ2) is 3.73. The summed E-state index contributed by atoms with van der Waals surface area (Å²) >= 11 is 2.15. The summed E-state index contributed by atoms with van der Waals surface area (Å²) in [7, 11) is 0. The summed E-state index contributed by atoms with van der Waals surface area (Å²) < 4.78 is 0.895. The standard InChI is InChI=1S/C8H5IN4/c9-8-6(3-11-5-13-8)7-1-2-10-4-12-7/h1-5H. The van der Waals surface area contributed by atoms with Crippen molar-refractivity contribution in [1.29, 1.82) is 0 Å². The molecule has 64 valence electrons. The van der Waals surface area contributed by atoms with E-state index in [0.717, 1.165) is 15.0 Å². The topological polar surface area (TPSA) is 51.6 Å². The van der Waals surface area contributed by atoms with E-state index in [4.69, 9.17) is 0 Å². The third kappa shape index (κ3) is 1.80. The molecule has 0 bridgehead atoms. The van der Waals surface area contributed by atoms with Gasteiger partial charge in [0.15, 0.2) is 0 Å². The van der Waals surface area contributed by atoms with Crippen LogP contribution in [0.4, 0.5) is 0 Å². The molecule has 2 heterocycles. The average Bonchev–Trinajstić information content (AvgIpc) is 2.20. The van der Waals surface area contributed by atoms with Crippen LogP contribution in [0.15, 0.2) is 31.1 Å². The van der Waals surface area contributed by atoms with Gasteiger partial charge < -0.3 is 0 Å². The van der Waals surface area contributed by atoms with Gasteiger partial charge in [-0.15, -0.1) is 0 Å². The van der Waals surface area contributed by atoms with E-state index in [-0.39, 0.29) is 0 Å². The van der Waals surface area contributed by atoms with Crippen molar-refractivity contribution in [2.24, 2.45) is 0 Å². The van der Waals surface area contributed by atoms with Gasteiger partial charge in [-0.25, -0.2) is 19.9 Å². The Morgan fingerprint density at radius 3 is 2.62 bits per heavy atom. The predicted octanol–water partition coefficient (Wildman–Crippen LogP) is 1.54. The van der Waals surface area contributed by atoms with Crippen LogP contribution in [0.2, 0.25) is 0 Å². The molecule has 0 aromatic carbocycles. The molecule has 2 rings (SSSR count). The van der Waals surface area contributed by atoms with Crippen LogP contribution < -0.4 is 0 Å². The lowest BCUT2D eigenvalue weighted by Gasteiger charge is -1.99. The third-order valence-electron chi connectivity index (χ3n) is 1.52. The maximum absolute atomic E-state index is 4.11. The molecule has 13 heavy (non-hydrogen) atoms. The Balaban J connectivity index is 2.54. The van der Waals surface area contributed by atoms with E-state index < -0.39 is 0 Å². The molecule has 0 radical (unpaired) electrons. The van der Waals surface area contributed by atoms with Gasteiger partial charge in [-0.05, 0) is 28.7 Å². The molecule has 0 N–H and O–H groups in total. The highest BCUT2D eigenvalue weighted by Crippen LogP contribution is 2.18. The smallest absolute Gasteiger partial charge is 0.116 e. The van der Waals surface area contributed by atoms with Crippen molar-refractivity contribution in [3.63, 3.8) is 0 Å². The first kappa shape index (κ1) is 8.49. The van der Waals surface area contributed by atoms with E-state index >= 15 is 0 Å². The summed E-state index contributed by atoms with van der Waals surface area (Å²) in [4.78, 5) is 16.0. The first-order valence-corrected chi connectivity index (χ1v) is 4.67. The maximum Gasteiger partial charge on any atom is 0.116 e. The van der Waals surface area contributed by atoms with E-state index in [9.17, 15) is 0 Å². The number of hydrogen-bond donors (Lipinski definition) is 0. The molecule has 0 aliphatic rings. The lowest BCUT2D eigenvalue weighted by molar-refractivity contribution is 1.11. The average molecular weight is 284 g/mol. The molecule has 0 atom stereocenters. The Bertz CT molecular complexity index is 404. The van der Waals surface area contributed by atoms with Crippen molar-refractivity contribution < 1.29 is 0 Å². The van der Waals surface area contributed by atoms with Crippen LogP contribution in [-0.4, -0.2) is 19.9 Å². The van der Waals surface area contributed by atoms with Crippen LogP contribution in [0.5, 0.6) is 0 Å². The van der Waals surface area contributed by atoms with Gasteiger partial charge in [-0.1, -0.05) is 0 Å². The Morgan fingerprint density at radius 2 is 1.92 bits per heavy atom. The summed E-state index contributed by atoms with van der Waals surface area (Å²) in [6, 6.07) is 1.83. The van der Waals surface area contributed by atoms with Crippen molar-refractivity contribution in [1.82, 2.24) is 19.9 Å². The molecule has 0 saturated heterocycles. The Labute approximate surface area is 88.6 Å². The molecule has 0 aliphatic heterocycles.